The molecule has 24 heavy (non-hydrogen) atoms. The van der Waals surface area contributed by atoms with Crippen molar-refractivity contribution in [3.63, 3.8) is 0 Å². The Bertz CT molecular complexity index is 753. The number of carbonyl (C=O) groups excluding carboxylic acids is 2. The summed E-state index contributed by atoms with van der Waals surface area (Å²) in [6, 6.07) is 4.11. The maximum atomic E-state index is 12.7. The lowest BCUT2D eigenvalue weighted by molar-refractivity contribution is -0.135. The van der Waals surface area contributed by atoms with Gasteiger partial charge in [-0.2, -0.15) is 0 Å². The van der Waals surface area contributed by atoms with E-state index in [2.05, 4.69) is 0 Å². The third-order valence-corrected chi connectivity index (χ3v) is 5.41. The summed E-state index contributed by atoms with van der Waals surface area (Å²) in [5, 5.41) is 0.216. The highest BCUT2D eigenvalue weighted by Crippen LogP contribution is 2.23. The zero-order valence-corrected chi connectivity index (χ0v) is 15.5. The number of rotatable bonds is 3. The van der Waals surface area contributed by atoms with Crippen molar-refractivity contribution in [2.45, 2.75) is 18.7 Å². The molecule has 2 amide bonds. The predicted molar refractivity (Wildman–Crippen MR) is 91.9 cm³/mol. The monoisotopic (exact) mass is 372 g/mol. The summed E-state index contributed by atoms with van der Waals surface area (Å²) < 4.78 is 23.3. The highest BCUT2D eigenvalue weighted by molar-refractivity contribution is 7.90. The van der Waals surface area contributed by atoms with Gasteiger partial charge in [-0.05, 0) is 18.2 Å². The van der Waals surface area contributed by atoms with Crippen molar-refractivity contribution in [3.8, 4) is 0 Å². The van der Waals surface area contributed by atoms with Gasteiger partial charge in [-0.25, -0.2) is 8.42 Å². The molecule has 0 aliphatic carbocycles. The normalized spacial score (nSPS) is 15.7. The fraction of sp³-hybridized carbons (Fsp3) is 0.500. The van der Waals surface area contributed by atoms with Crippen molar-refractivity contribution in [3.05, 3.63) is 28.8 Å². The number of halogens is 1. The van der Waals surface area contributed by atoms with E-state index in [1.54, 1.807) is 9.80 Å². The quantitative estimate of drug-likeness (QED) is 0.809. The molecule has 1 aliphatic rings. The van der Waals surface area contributed by atoms with Gasteiger partial charge in [0.15, 0.2) is 9.84 Å². The molecule has 0 saturated carbocycles. The van der Waals surface area contributed by atoms with Crippen LogP contribution in [0.2, 0.25) is 5.02 Å². The molecule has 8 heteroatoms. The average molecular weight is 373 g/mol. The van der Waals surface area contributed by atoms with Crippen molar-refractivity contribution in [1.29, 1.82) is 0 Å². The second-order valence-electron chi connectivity index (χ2n) is 6.19. The van der Waals surface area contributed by atoms with Gasteiger partial charge >= 0.3 is 0 Å². The molecule has 0 radical (unpaired) electrons. The van der Waals surface area contributed by atoms with Crippen molar-refractivity contribution in [2.24, 2.45) is 5.92 Å². The highest BCUT2D eigenvalue weighted by Gasteiger charge is 2.27. The van der Waals surface area contributed by atoms with Crippen LogP contribution in [0.5, 0.6) is 0 Å². The summed E-state index contributed by atoms with van der Waals surface area (Å²) >= 11 is 6.07. The summed E-state index contributed by atoms with van der Waals surface area (Å²) in [6.45, 7) is 5.42. The van der Waals surface area contributed by atoms with Gasteiger partial charge < -0.3 is 9.80 Å². The van der Waals surface area contributed by atoms with E-state index in [-0.39, 0.29) is 33.2 Å². The van der Waals surface area contributed by atoms with Crippen molar-refractivity contribution in [1.82, 2.24) is 9.80 Å². The molecule has 1 aliphatic heterocycles. The Morgan fingerprint density at radius 2 is 1.62 bits per heavy atom. The van der Waals surface area contributed by atoms with Gasteiger partial charge in [-0.1, -0.05) is 25.4 Å². The first-order valence-electron chi connectivity index (χ1n) is 7.69. The molecule has 2 rings (SSSR count). The van der Waals surface area contributed by atoms with Gasteiger partial charge in [0.2, 0.25) is 5.91 Å². The molecule has 0 unspecified atom stereocenters. The number of sulfone groups is 1. The molecule has 1 aromatic carbocycles. The maximum absolute atomic E-state index is 12.7. The Morgan fingerprint density at radius 1 is 1.08 bits per heavy atom. The van der Waals surface area contributed by atoms with Crippen molar-refractivity contribution < 1.29 is 18.0 Å². The summed E-state index contributed by atoms with van der Waals surface area (Å²) in [4.78, 5) is 28.0. The molecule has 0 N–H and O–H groups in total. The Balaban J connectivity index is 2.15. The molecule has 0 bridgehead atoms. The zero-order valence-electron chi connectivity index (χ0n) is 14.0. The number of hydrogen-bond donors (Lipinski definition) is 0. The van der Waals surface area contributed by atoms with Crippen LogP contribution in [0.1, 0.15) is 24.2 Å². The van der Waals surface area contributed by atoms with E-state index >= 15 is 0 Å². The lowest BCUT2D eigenvalue weighted by Crippen LogP contribution is -2.51. The summed E-state index contributed by atoms with van der Waals surface area (Å²) in [6.07, 6.45) is 1.08. The van der Waals surface area contributed by atoms with E-state index < -0.39 is 9.84 Å². The molecular formula is C16H21ClN2O4S. The van der Waals surface area contributed by atoms with E-state index in [9.17, 15) is 18.0 Å². The smallest absolute Gasteiger partial charge is 0.255 e. The first-order chi connectivity index (χ1) is 11.1. The largest absolute Gasteiger partial charge is 0.339 e. The Kier molecular flexibility index (Phi) is 5.55. The molecule has 0 spiro atoms. The Morgan fingerprint density at radius 3 is 2.12 bits per heavy atom. The Hall–Kier alpha value is -1.60. The Labute approximate surface area is 147 Å². The standard InChI is InChI=1S/C16H21ClN2O4S/c1-11(2)15(20)18-6-8-19(9-7-18)16(21)13-10-12(24(3,22)23)4-5-14(13)17/h4-5,10-11H,6-9H2,1-3H3. The van der Waals surface area contributed by atoms with Crippen LogP contribution >= 0.6 is 11.6 Å². The minimum atomic E-state index is -3.42. The molecule has 6 nitrogen and oxygen atoms in total. The van der Waals surface area contributed by atoms with E-state index in [4.69, 9.17) is 11.6 Å². The summed E-state index contributed by atoms with van der Waals surface area (Å²) in [7, 11) is -3.42. The molecule has 1 fully saturated rings. The SMILES string of the molecule is CC(C)C(=O)N1CCN(C(=O)c2cc(S(C)(=O)=O)ccc2Cl)CC1. The number of benzene rings is 1. The van der Waals surface area contributed by atoms with Crippen LogP contribution in [0.25, 0.3) is 0 Å². The molecule has 0 aromatic heterocycles. The van der Waals surface area contributed by atoms with Crippen LogP contribution < -0.4 is 0 Å². The van der Waals surface area contributed by atoms with Gasteiger partial charge in [-0.15, -0.1) is 0 Å². The third-order valence-electron chi connectivity index (χ3n) is 3.97. The van der Waals surface area contributed by atoms with E-state index in [0.717, 1.165) is 6.26 Å². The van der Waals surface area contributed by atoms with Crippen LogP contribution in [0.15, 0.2) is 23.1 Å². The molecule has 1 heterocycles. The molecule has 132 valence electrons. The average Bonchev–Trinajstić information content (AvgIpc) is 2.53. The van der Waals surface area contributed by atoms with Gasteiger partial charge in [0.1, 0.15) is 0 Å². The van der Waals surface area contributed by atoms with Gasteiger partial charge in [0.05, 0.1) is 15.5 Å². The highest BCUT2D eigenvalue weighted by atomic mass is 35.5. The molecular weight excluding hydrogens is 352 g/mol. The molecule has 1 aromatic rings. The second-order valence-corrected chi connectivity index (χ2v) is 8.61. The number of amides is 2. The van der Waals surface area contributed by atoms with Crippen LogP contribution in [-0.2, 0) is 14.6 Å². The number of hydrogen-bond acceptors (Lipinski definition) is 4. The summed E-state index contributed by atoms with van der Waals surface area (Å²) in [5.74, 6) is -0.325. The number of carbonyl (C=O) groups is 2. The lowest BCUT2D eigenvalue weighted by Gasteiger charge is -2.35. The van der Waals surface area contributed by atoms with Crippen molar-refractivity contribution >= 4 is 33.3 Å². The van der Waals surface area contributed by atoms with E-state index in [1.807, 2.05) is 13.8 Å². The van der Waals surface area contributed by atoms with Gasteiger partial charge in [0, 0.05) is 38.4 Å². The fourth-order valence-corrected chi connectivity index (χ4v) is 3.41. The fourth-order valence-electron chi connectivity index (χ4n) is 2.56. The minimum Gasteiger partial charge on any atom is -0.339 e. The van der Waals surface area contributed by atoms with Crippen LogP contribution in [-0.4, -0.2) is 62.5 Å². The molecule has 1 saturated heterocycles. The number of nitrogens with zero attached hydrogens (tertiary/aromatic N) is 2. The van der Waals surface area contributed by atoms with E-state index in [0.29, 0.717) is 26.2 Å². The predicted octanol–water partition coefficient (Wildman–Crippen LogP) is 1.68. The van der Waals surface area contributed by atoms with Crippen molar-refractivity contribution in [2.75, 3.05) is 32.4 Å². The second kappa shape index (κ2) is 7.11. The van der Waals surface area contributed by atoms with Gasteiger partial charge in [-0.3, -0.25) is 9.59 Å². The lowest BCUT2D eigenvalue weighted by atomic mass is 10.1. The molecule has 0 atom stereocenters. The first-order valence-corrected chi connectivity index (χ1v) is 9.96. The maximum Gasteiger partial charge on any atom is 0.255 e. The summed E-state index contributed by atoms with van der Waals surface area (Å²) in [5.41, 5.74) is 0.170. The van der Waals surface area contributed by atoms with E-state index in [1.165, 1.54) is 18.2 Å². The van der Waals surface area contributed by atoms with Crippen LogP contribution in [0.3, 0.4) is 0 Å². The minimum absolute atomic E-state index is 0.0591. The third kappa shape index (κ3) is 4.08. The van der Waals surface area contributed by atoms with Gasteiger partial charge in [0.25, 0.3) is 5.91 Å². The van der Waals surface area contributed by atoms with Crippen LogP contribution in [0.4, 0.5) is 0 Å². The topological polar surface area (TPSA) is 74.8 Å². The first kappa shape index (κ1) is 18.7. The zero-order chi connectivity index (χ0) is 18.1. The number of piperazine rings is 1. The van der Waals surface area contributed by atoms with Crippen LogP contribution in [0, 0.1) is 5.92 Å².